The molecule has 0 spiro atoms. The summed E-state index contributed by atoms with van der Waals surface area (Å²) in [6.45, 7) is 0. The first-order valence-electron chi connectivity index (χ1n) is 10.0. The first-order valence-corrected chi connectivity index (χ1v) is 11.0. The molecular formula is C25H24N4OS. The molecule has 156 valence electrons. The van der Waals surface area contributed by atoms with Gasteiger partial charge >= 0.3 is 0 Å². The highest BCUT2D eigenvalue weighted by atomic mass is 32.1. The number of benzene rings is 3. The molecule has 0 saturated carbocycles. The molecule has 1 aromatic heterocycles. The van der Waals surface area contributed by atoms with Crippen LogP contribution < -0.4 is 16.0 Å². The van der Waals surface area contributed by atoms with Crippen LogP contribution in [0.4, 0.5) is 17.2 Å². The van der Waals surface area contributed by atoms with Gasteiger partial charge in [0.1, 0.15) is 11.9 Å². The van der Waals surface area contributed by atoms with Gasteiger partial charge in [-0.25, -0.2) is 4.98 Å². The molecule has 3 aromatic carbocycles. The number of aromatic nitrogens is 1. The van der Waals surface area contributed by atoms with E-state index >= 15 is 0 Å². The summed E-state index contributed by atoms with van der Waals surface area (Å²) in [5.74, 6) is 0.707. The lowest BCUT2D eigenvalue weighted by atomic mass is 10.0. The summed E-state index contributed by atoms with van der Waals surface area (Å²) in [7, 11) is 1.91. The largest absolute Gasteiger partial charge is 0.399 e. The minimum Gasteiger partial charge on any atom is -0.399 e. The van der Waals surface area contributed by atoms with E-state index in [0.29, 0.717) is 12.1 Å². The Morgan fingerprint density at radius 1 is 1.03 bits per heavy atom. The first kappa shape index (κ1) is 20.6. The van der Waals surface area contributed by atoms with Crippen LogP contribution in [0.3, 0.4) is 0 Å². The minimum atomic E-state index is -0.402. The van der Waals surface area contributed by atoms with Crippen molar-refractivity contribution in [3.8, 4) is 11.1 Å². The van der Waals surface area contributed by atoms with Gasteiger partial charge in [0.05, 0.1) is 5.51 Å². The van der Waals surface area contributed by atoms with E-state index in [2.05, 4.69) is 10.3 Å². The van der Waals surface area contributed by atoms with Gasteiger partial charge in [-0.1, -0.05) is 54.6 Å². The summed E-state index contributed by atoms with van der Waals surface area (Å²) >= 11 is 1.51. The van der Waals surface area contributed by atoms with E-state index in [-0.39, 0.29) is 5.91 Å². The summed E-state index contributed by atoms with van der Waals surface area (Å²) in [6.07, 6.45) is 0.579. The van der Waals surface area contributed by atoms with Crippen LogP contribution >= 0.6 is 11.3 Å². The number of nitrogens with two attached hydrogens (primary N) is 1. The van der Waals surface area contributed by atoms with E-state index in [1.54, 1.807) is 5.51 Å². The van der Waals surface area contributed by atoms with Crippen molar-refractivity contribution in [1.82, 2.24) is 4.98 Å². The summed E-state index contributed by atoms with van der Waals surface area (Å²) < 4.78 is 0. The van der Waals surface area contributed by atoms with Crippen molar-refractivity contribution in [2.75, 3.05) is 23.0 Å². The molecule has 1 heterocycles. The number of carbonyl (C=O) groups excluding carboxylic acids is 1. The highest BCUT2D eigenvalue weighted by Crippen LogP contribution is 2.25. The number of nitrogen functional groups attached to an aromatic ring is 1. The van der Waals surface area contributed by atoms with Crippen molar-refractivity contribution in [2.45, 2.75) is 12.5 Å². The maximum Gasteiger partial charge on any atom is 0.247 e. The molecule has 3 N–H and O–H groups in total. The lowest BCUT2D eigenvalue weighted by molar-refractivity contribution is -0.117. The predicted octanol–water partition coefficient (Wildman–Crippen LogP) is 5.08. The number of likely N-dealkylation sites (N-methyl/N-ethyl adjacent to an activating group) is 1. The number of anilines is 3. The van der Waals surface area contributed by atoms with Gasteiger partial charge in [0.15, 0.2) is 0 Å². The van der Waals surface area contributed by atoms with Gasteiger partial charge < -0.3 is 16.0 Å². The van der Waals surface area contributed by atoms with Crippen molar-refractivity contribution in [3.05, 3.63) is 95.3 Å². The summed E-state index contributed by atoms with van der Waals surface area (Å²) in [5, 5.41) is 5.04. The number of thiazole rings is 1. The lowest BCUT2D eigenvalue weighted by Crippen LogP contribution is -2.43. The second kappa shape index (κ2) is 9.45. The number of hydrogen-bond acceptors (Lipinski definition) is 5. The van der Waals surface area contributed by atoms with E-state index in [0.717, 1.165) is 28.2 Å². The zero-order chi connectivity index (χ0) is 21.6. The highest BCUT2D eigenvalue weighted by molar-refractivity contribution is 7.07. The fraction of sp³-hybridized carbons (Fsp3) is 0.120. The van der Waals surface area contributed by atoms with Crippen molar-refractivity contribution < 1.29 is 4.79 Å². The number of hydrogen-bond donors (Lipinski definition) is 2. The second-order valence-electron chi connectivity index (χ2n) is 7.36. The summed E-state index contributed by atoms with van der Waals surface area (Å²) in [6, 6.07) is 25.1. The molecule has 0 fully saturated rings. The molecule has 31 heavy (non-hydrogen) atoms. The Morgan fingerprint density at radius 2 is 1.77 bits per heavy atom. The van der Waals surface area contributed by atoms with Crippen LogP contribution in [0.1, 0.15) is 5.56 Å². The lowest BCUT2D eigenvalue weighted by Gasteiger charge is -2.27. The fourth-order valence-corrected chi connectivity index (χ4v) is 4.08. The predicted molar refractivity (Wildman–Crippen MR) is 129 cm³/mol. The van der Waals surface area contributed by atoms with Crippen molar-refractivity contribution in [1.29, 1.82) is 0 Å². The van der Waals surface area contributed by atoms with E-state index in [4.69, 9.17) is 5.73 Å². The van der Waals surface area contributed by atoms with Crippen LogP contribution in [0.5, 0.6) is 0 Å². The van der Waals surface area contributed by atoms with Crippen LogP contribution in [0, 0.1) is 0 Å². The molecule has 0 unspecified atom stereocenters. The first-order chi connectivity index (χ1) is 15.1. The van der Waals surface area contributed by atoms with Gasteiger partial charge in [0.2, 0.25) is 5.91 Å². The van der Waals surface area contributed by atoms with E-state index in [9.17, 15) is 4.79 Å². The topological polar surface area (TPSA) is 71.2 Å². The SMILES string of the molecule is CN(c1cscn1)[C@@H](Cc1ccccc1)C(=O)Nc1cccc(-c2cccc(N)c2)c1. The van der Waals surface area contributed by atoms with Crippen molar-refractivity contribution in [2.24, 2.45) is 0 Å². The average molecular weight is 429 g/mol. The molecule has 0 bridgehead atoms. The number of carbonyl (C=O) groups is 1. The molecule has 6 heteroatoms. The zero-order valence-electron chi connectivity index (χ0n) is 17.2. The number of rotatable bonds is 7. The Labute approximate surface area is 186 Å². The van der Waals surface area contributed by atoms with Gasteiger partial charge in [-0.3, -0.25) is 4.79 Å². The molecule has 4 rings (SSSR count). The molecule has 0 aliphatic carbocycles. The molecule has 0 saturated heterocycles. The van der Waals surface area contributed by atoms with Crippen molar-refractivity contribution in [3.63, 3.8) is 0 Å². The third-order valence-corrected chi connectivity index (χ3v) is 5.75. The minimum absolute atomic E-state index is 0.0796. The molecule has 5 nitrogen and oxygen atoms in total. The van der Waals surface area contributed by atoms with Gasteiger partial charge in [0, 0.05) is 30.2 Å². The number of nitrogens with zero attached hydrogens (tertiary/aromatic N) is 2. The fourth-order valence-electron chi connectivity index (χ4n) is 3.50. The zero-order valence-corrected chi connectivity index (χ0v) is 18.0. The second-order valence-corrected chi connectivity index (χ2v) is 8.08. The molecular weight excluding hydrogens is 404 g/mol. The Kier molecular flexibility index (Phi) is 6.29. The highest BCUT2D eigenvalue weighted by Gasteiger charge is 2.25. The molecule has 1 amide bonds. The quantitative estimate of drug-likeness (QED) is 0.403. The van der Waals surface area contributed by atoms with Crippen LogP contribution in [0.15, 0.2) is 89.8 Å². The molecule has 0 aliphatic rings. The van der Waals surface area contributed by atoms with E-state index < -0.39 is 6.04 Å². The van der Waals surface area contributed by atoms with E-state index in [1.165, 1.54) is 11.3 Å². The summed E-state index contributed by atoms with van der Waals surface area (Å²) in [5.41, 5.74) is 12.3. The van der Waals surface area contributed by atoms with Crippen LogP contribution in [0.2, 0.25) is 0 Å². The van der Waals surface area contributed by atoms with Crippen LogP contribution in [-0.4, -0.2) is 24.0 Å². The van der Waals surface area contributed by atoms with Crippen LogP contribution in [0.25, 0.3) is 11.1 Å². The third-order valence-electron chi connectivity index (χ3n) is 5.17. The average Bonchev–Trinajstić information content (AvgIpc) is 3.33. The monoisotopic (exact) mass is 428 g/mol. The van der Waals surface area contributed by atoms with E-state index in [1.807, 2.05) is 96.2 Å². The number of nitrogens with one attached hydrogen (secondary N) is 1. The summed E-state index contributed by atoms with van der Waals surface area (Å²) in [4.78, 5) is 19.7. The third kappa shape index (κ3) is 5.10. The molecule has 4 aromatic rings. The normalized spacial score (nSPS) is 11.6. The Bertz CT molecular complexity index is 1150. The van der Waals surface area contributed by atoms with Gasteiger partial charge in [-0.15, -0.1) is 11.3 Å². The van der Waals surface area contributed by atoms with Gasteiger partial charge in [-0.05, 0) is 41.0 Å². The smallest absolute Gasteiger partial charge is 0.247 e. The molecule has 1 atom stereocenters. The maximum atomic E-state index is 13.4. The van der Waals surface area contributed by atoms with Crippen molar-refractivity contribution >= 4 is 34.4 Å². The van der Waals surface area contributed by atoms with Gasteiger partial charge in [0.25, 0.3) is 0 Å². The maximum absolute atomic E-state index is 13.4. The molecule has 0 radical (unpaired) electrons. The standard InChI is InChI=1S/C25H24N4OS/c1-29(24-16-31-17-27-24)23(13-18-7-3-2-4-8-18)25(30)28-22-12-6-10-20(15-22)19-9-5-11-21(26)14-19/h2-12,14-17,23H,13,26H2,1H3,(H,28,30)/t23-/m0/s1. The Hall–Kier alpha value is -3.64. The van der Waals surface area contributed by atoms with Crippen LogP contribution in [-0.2, 0) is 11.2 Å². The Balaban J connectivity index is 1.58. The van der Waals surface area contributed by atoms with Gasteiger partial charge in [-0.2, -0.15) is 0 Å². The Morgan fingerprint density at radius 3 is 2.48 bits per heavy atom. The molecule has 0 aliphatic heterocycles. The number of amides is 1.